The monoisotopic (exact) mass is 379 g/mol. The maximum absolute atomic E-state index is 13.5. The molecule has 2 unspecified atom stereocenters. The van der Waals surface area contributed by atoms with Crippen molar-refractivity contribution < 1.29 is 23.8 Å². The molecule has 1 heterocycles. The van der Waals surface area contributed by atoms with E-state index in [1.807, 2.05) is 6.07 Å². The first kappa shape index (κ1) is 18.0. The van der Waals surface area contributed by atoms with Crippen LogP contribution in [-0.2, 0) is 9.53 Å². The molecule has 5 nitrogen and oxygen atoms in total. The van der Waals surface area contributed by atoms with Crippen molar-refractivity contribution in [3.63, 3.8) is 0 Å². The van der Waals surface area contributed by atoms with Crippen LogP contribution in [0.1, 0.15) is 24.0 Å². The quantitative estimate of drug-likeness (QED) is 0.663. The number of phenolic OH excluding ortho intramolecular Hbond substituents is 1. The van der Waals surface area contributed by atoms with Crippen molar-refractivity contribution in [2.24, 2.45) is 5.92 Å². The number of carbonyl (C=O) groups excluding carboxylic acids is 1. The molecule has 0 fully saturated rings. The molecule has 4 rings (SSSR count). The number of hydrogen-bond acceptors (Lipinski definition) is 5. The van der Waals surface area contributed by atoms with Gasteiger partial charge >= 0.3 is 5.97 Å². The smallest absolute Gasteiger partial charge is 0.319 e. The number of phenols is 1. The van der Waals surface area contributed by atoms with Crippen LogP contribution in [0, 0.1) is 17.1 Å². The van der Waals surface area contributed by atoms with Crippen molar-refractivity contribution in [3.05, 3.63) is 71.5 Å². The largest absolute Gasteiger partial charge is 0.508 e. The van der Waals surface area contributed by atoms with E-state index in [-0.39, 0.29) is 18.3 Å². The highest BCUT2D eigenvalue weighted by Gasteiger charge is 2.43. The molecule has 2 atom stereocenters. The summed E-state index contributed by atoms with van der Waals surface area (Å²) in [6.45, 7) is 1.86. The summed E-state index contributed by atoms with van der Waals surface area (Å²) in [6.07, 6.45) is 0. The Morgan fingerprint density at radius 3 is 2.61 bits per heavy atom. The molecule has 0 aliphatic carbocycles. The van der Waals surface area contributed by atoms with Crippen LogP contribution in [0.5, 0.6) is 11.5 Å². The van der Waals surface area contributed by atoms with E-state index >= 15 is 0 Å². The van der Waals surface area contributed by atoms with E-state index in [2.05, 4.69) is 0 Å². The van der Waals surface area contributed by atoms with E-state index in [0.717, 1.165) is 5.39 Å². The zero-order chi connectivity index (χ0) is 19.8. The van der Waals surface area contributed by atoms with Crippen molar-refractivity contribution in [3.8, 4) is 11.5 Å². The van der Waals surface area contributed by atoms with Crippen LogP contribution in [-0.4, -0.2) is 23.6 Å². The van der Waals surface area contributed by atoms with Gasteiger partial charge in [-0.25, -0.2) is 4.39 Å². The maximum atomic E-state index is 13.5. The standard InChI is InChI=1S/C22H18FNO4/c1-2-27-22(26)20-18(13-3-7-14(23)8-4-13)19-16-11-15(25)9-5-12(16)6-10-17(19)28-21(20)24/h3-11,18,20,24-25H,2H2,1H3. The molecule has 3 aromatic rings. The van der Waals surface area contributed by atoms with Gasteiger partial charge in [0.1, 0.15) is 23.2 Å². The van der Waals surface area contributed by atoms with Crippen molar-refractivity contribution in [1.29, 1.82) is 5.41 Å². The number of benzene rings is 3. The number of aromatic hydroxyl groups is 1. The van der Waals surface area contributed by atoms with Gasteiger partial charge in [-0.2, -0.15) is 0 Å². The van der Waals surface area contributed by atoms with Crippen molar-refractivity contribution in [1.82, 2.24) is 0 Å². The molecular weight excluding hydrogens is 361 g/mol. The molecule has 3 aromatic carbocycles. The number of hydrogen-bond donors (Lipinski definition) is 2. The minimum atomic E-state index is -1.01. The third kappa shape index (κ3) is 2.97. The average molecular weight is 379 g/mol. The first-order chi connectivity index (χ1) is 13.5. The van der Waals surface area contributed by atoms with Crippen LogP contribution in [0.3, 0.4) is 0 Å². The van der Waals surface area contributed by atoms with Gasteiger partial charge in [0.15, 0.2) is 0 Å². The summed E-state index contributed by atoms with van der Waals surface area (Å²) in [6, 6.07) is 14.3. The summed E-state index contributed by atoms with van der Waals surface area (Å²) in [4.78, 5) is 12.7. The molecule has 0 radical (unpaired) electrons. The first-order valence-electron chi connectivity index (χ1n) is 8.93. The van der Waals surface area contributed by atoms with Gasteiger partial charge in [0.25, 0.3) is 0 Å². The third-order valence-electron chi connectivity index (χ3n) is 4.92. The maximum Gasteiger partial charge on any atom is 0.319 e. The number of ether oxygens (including phenoxy) is 2. The fourth-order valence-electron chi connectivity index (χ4n) is 3.73. The van der Waals surface area contributed by atoms with Crippen LogP contribution in [0.2, 0.25) is 0 Å². The van der Waals surface area contributed by atoms with Crippen molar-refractivity contribution in [2.75, 3.05) is 6.61 Å². The second-order valence-corrected chi connectivity index (χ2v) is 6.61. The summed E-state index contributed by atoms with van der Waals surface area (Å²) in [7, 11) is 0. The van der Waals surface area contributed by atoms with Gasteiger partial charge in [-0.05, 0) is 53.6 Å². The van der Waals surface area contributed by atoms with E-state index in [1.165, 1.54) is 12.1 Å². The second kappa shape index (κ2) is 6.96. The zero-order valence-corrected chi connectivity index (χ0v) is 15.1. The normalized spacial score (nSPS) is 18.4. The van der Waals surface area contributed by atoms with Crippen molar-refractivity contribution >= 4 is 22.6 Å². The highest BCUT2D eigenvalue weighted by Crippen LogP contribution is 2.46. The van der Waals surface area contributed by atoms with Gasteiger partial charge in [-0.1, -0.05) is 24.3 Å². The number of halogens is 1. The molecule has 0 aromatic heterocycles. The van der Waals surface area contributed by atoms with Crippen LogP contribution in [0.15, 0.2) is 54.6 Å². The molecule has 2 N–H and O–H groups in total. The number of carbonyl (C=O) groups is 1. The summed E-state index contributed by atoms with van der Waals surface area (Å²) in [5, 5.41) is 19.9. The topological polar surface area (TPSA) is 79.6 Å². The van der Waals surface area contributed by atoms with E-state index in [4.69, 9.17) is 14.9 Å². The lowest BCUT2D eigenvalue weighted by Gasteiger charge is -2.33. The Balaban J connectivity index is 2.00. The lowest BCUT2D eigenvalue weighted by molar-refractivity contribution is -0.146. The van der Waals surface area contributed by atoms with Gasteiger partial charge in [-0.3, -0.25) is 10.2 Å². The minimum Gasteiger partial charge on any atom is -0.508 e. The Morgan fingerprint density at radius 2 is 1.89 bits per heavy atom. The molecule has 6 heteroatoms. The molecule has 0 amide bonds. The van der Waals surface area contributed by atoms with E-state index in [9.17, 15) is 14.3 Å². The van der Waals surface area contributed by atoms with E-state index < -0.39 is 23.6 Å². The SMILES string of the molecule is CCOC(=O)C1C(=N)Oc2ccc3ccc(O)cc3c2C1c1ccc(F)cc1. The molecule has 0 spiro atoms. The molecule has 1 aliphatic heterocycles. The Hall–Kier alpha value is -3.41. The number of fused-ring (bicyclic) bond motifs is 3. The van der Waals surface area contributed by atoms with Crippen LogP contribution >= 0.6 is 0 Å². The summed E-state index contributed by atoms with van der Waals surface area (Å²) in [5.74, 6) is -2.31. The lowest BCUT2D eigenvalue weighted by Crippen LogP contribution is -2.38. The third-order valence-corrected chi connectivity index (χ3v) is 4.92. The summed E-state index contributed by atoms with van der Waals surface area (Å²) < 4.78 is 24.4. The van der Waals surface area contributed by atoms with Gasteiger partial charge in [0.05, 0.1) is 6.61 Å². The lowest BCUT2D eigenvalue weighted by atomic mass is 9.76. The van der Waals surface area contributed by atoms with Crippen LogP contribution < -0.4 is 4.74 Å². The van der Waals surface area contributed by atoms with Gasteiger partial charge in [-0.15, -0.1) is 0 Å². The molecule has 0 saturated heterocycles. The highest BCUT2D eigenvalue weighted by atomic mass is 19.1. The van der Waals surface area contributed by atoms with E-state index in [1.54, 1.807) is 43.3 Å². The summed E-state index contributed by atoms with van der Waals surface area (Å²) >= 11 is 0. The Bertz CT molecular complexity index is 1080. The van der Waals surface area contributed by atoms with Crippen LogP contribution in [0.25, 0.3) is 10.8 Å². The van der Waals surface area contributed by atoms with E-state index in [0.29, 0.717) is 22.3 Å². The van der Waals surface area contributed by atoms with Gasteiger partial charge in [0, 0.05) is 11.5 Å². The molecule has 1 aliphatic rings. The molecule has 0 bridgehead atoms. The van der Waals surface area contributed by atoms with Crippen LogP contribution in [0.4, 0.5) is 4.39 Å². The van der Waals surface area contributed by atoms with Gasteiger partial charge in [0.2, 0.25) is 5.90 Å². The average Bonchev–Trinajstić information content (AvgIpc) is 2.67. The fourth-order valence-corrected chi connectivity index (χ4v) is 3.73. The Kier molecular flexibility index (Phi) is 4.47. The zero-order valence-electron chi connectivity index (χ0n) is 15.1. The van der Waals surface area contributed by atoms with Crippen molar-refractivity contribution in [2.45, 2.75) is 12.8 Å². The Labute approximate surface area is 160 Å². The predicted molar refractivity (Wildman–Crippen MR) is 102 cm³/mol. The molecular formula is C22H18FNO4. The predicted octanol–water partition coefficient (Wildman–Crippen LogP) is 4.37. The number of esters is 1. The minimum absolute atomic E-state index is 0.0760. The molecule has 142 valence electrons. The first-order valence-corrected chi connectivity index (χ1v) is 8.93. The van der Waals surface area contributed by atoms with Gasteiger partial charge < -0.3 is 14.6 Å². The molecule has 28 heavy (non-hydrogen) atoms. The number of nitrogens with one attached hydrogen (secondary N) is 1. The summed E-state index contributed by atoms with van der Waals surface area (Å²) in [5.41, 5.74) is 1.32. The number of rotatable bonds is 3. The highest BCUT2D eigenvalue weighted by molar-refractivity contribution is 6.03. The second-order valence-electron chi connectivity index (χ2n) is 6.61. The molecule has 0 saturated carbocycles. The Morgan fingerprint density at radius 1 is 1.18 bits per heavy atom. The fraction of sp³-hybridized carbons (Fsp3) is 0.182.